The van der Waals surface area contributed by atoms with Crippen molar-refractivity contribution in [1.82, 2.24) is 30.0 Å². The molecule has 2 N–H and O–H groups in total. The van der Waals surface area contributed by atoms with Gasteiger partial charge in [-0.05, 0) is 47.4 Å². The Morgan fingerprint density at radius 2 is 2.06 bits per heavy atom. The Labute approximate surface area is 269 Å². The largest absolute Gasteiger partial charge is 0.416 e. The van der Waals surface area contributed by atoms with Crippen molar-refractivity contribution in [2.45, 2.75) is 49.5 Å². The van der Waals surface area contributed by atoms with Gasteiger partial charge in [-0.3, -0.25) is 14.6 Å². The normalized spacial score (nSPS) is 22.4. The van der Waals surface area contributed by atoms with Crippen molar-refractivity contribution in [3.63, 3.8) is 0 Å². The number of aryl methyl sites for hydroxylation is 1. The average Bonchev–Trinajstić information content (AvgIpc) is 3.71. The Bertz CT molecular complexity index is 1710. The van der Waals surface area contributed by atoms with Gasteiger partial charge < -0.3 is 24.7 Å². The highest BCUT2D eigenvalue weighted by atomic mass is 19.4. The maximum absolute atomic E-state index is 14.6. The fourth-order valence-electron chi connectivity index (χ4n) is 7.07. The van der Waals surface area contributed by atoms with Crippen molar-refractivity contribution in [2.24, 2.45) is 7.05 Å². The third-order valence-corrected chi connectivity index (χ3v) is 9.64. The van der Waals surface area contributed by atoms with Crippen LogP contribution in [-0.2, 0) is 47.6 Å². The van der Waals surface area contributed by atoms with Crippen LogP contribution in [0.4, 0.5) is 24.8 Å². The van der Waals surface area contributed by atoms with Crippen LogP contribution in [0.2, 0.25) is 0 Å². The number of carbonyl (C=O) groups excluding carboxylic acids is 1. The first kappa shape index (κ1) is 31.5. The minimum atomic E-state index is -4.65. The molecule has 1 atom stereocenters. The Morgan fingerprint density at radius 3 is 2.74 bits per heavy atom. The van der Waals surface area contributed by atoms with Crippen molar-refractivity contribution in [3.8, 4) is 6.07 Å². The van der Waals surface area contributed by atoms with Crippen molar-refractivity contribution in [2.75, 3.05) is 62.8 Å². The summed E-state index contributed by atoms with van der Waals surface area (Å²) in [5, 5.41) is 23.8. The van der Waals surface area contributed by atoms with E-state index in [4.69, 9.17) is 14.7 Å². The van der Waals surface area contributed by atoms with Gasteiger partial charge in [0.2, 0.25) is 0 Å². The second kappa shape index (κ2) is 12.2. The van der Waals surface area contributed by atoms with E-state index in [-0.39, 0.29) is 42.1 Å². The standard InChI is InChI=1S/C32H36F3N9O3/c1-42-20-39-41-28(42)13-30(18-46-19-30)22-11-26(38-5-2-4-36)40-27(12-22)44-15-24-23(29(44)45)9-21(10-25(24)32(33,34)35)14-43-7-3-31(17-43)16-37-6-8-47-31/h9-12,20,37H,2-3,5-8,13-19H2,1H3,(H,38,40). The average molecular weight is 652 g/mol. The van der Waals surface area contributed by atoms with Gasteiger partial charge in [0.25, 0.3) is 5.91 Å². The summed E-state index contributed by atoms with van der Waals surface area (Å²) in [6, 6.07) is 8.47. The van der Waals surface area contributed by atoms with E-state index in [0.29, 0.717) is 63.8 Å². The fraction of sp³-hybridized carbons (Fsp3) is 0.531. The molecule has 0 bridgehead atoms. The highest BCUT2D eigenvalue weighted by Crippen LogP contribution is 2.42. The summed E-state index contributed by atoms with van der Waals surface area (Å²) >= 11 is 0. The van der Waals surface area contributed by atoms with Gasteiger partial charge in [0.05, 0.1) is 50.0 Å². The lowest BCUT2D eigenvalue weighted by molar-refractivity contribution is -0.138. The summed E-state index contributed by atoms with van der Waals surface area (Å²) in [6.07, 6.45) is -1.52. The molecule has 1 amide bonds. The molecule has 1 unspecified atom stereocenters. The summed E-state index contributed by atoms with van der Waals surface area (Å²) in [5.74, 6) is 0.850. The van der Waals surface area contributed by atoms with E-state index in [1.165, 1.54) is 11.0 Å². The lowest BCUT2D eigenvalue weighted by atomic mass is 9.75. The van der Waals surface area contributed by atoms with E-state index in [0.717, 1.165) is 24.4 Å². The van der Waals surface area contributed by atoms with E-state index in [1.807, 2.05) is 17.7 Å². The second-order valence-electron chi connectivity index (χ2n) is 13.0. The third-order valence-electron chi connectivity index (χ3n) is 9.64. The number of rotatable bonds is 9. The lowest BCUT2D eigenvalue weighted by Crippen LogP contribution is -2.51. The summed E-state index contributed by atoms with van der Waals surface area (Å²) in [7, 11) is 1.85. The van der Waals surface area contributed by atoms with E-state index in [2.05, 4.69) is 36.8 Å². The summed E-state index contributed by atoms with van der Waals surface area (Å²) in [5.41, 5.74) is -0.433. The molecule has 3 fully saturated rings. The highest BCUT2D eigenvalue weighted by molar-refractivity contribution is 6.10. The molecule has 6 heterocycles. The molecule has 3 saturated heterocycles. The molecule has 0 saturated carbocycles. The first-order chi connectivity index (χ1) is 22.6. The van der Waals surface area contributed by atoms with Gasteiger partial charge in [0.15, 0.2) is 0 Å². The number of alkyl halides is 3. The monoisotopic (exact) mass is 651 g/mol. The number of nitrogens with one attached hydrogen (secondary N) is 2. The number of ether oxygens (including phenoxy) is 2. The predicted molar refractivity (Wildman–Crippen MR) is 164 cm³/mol. The van der Waals surface area contributed by atoms with E-state index in [1.54, 1.807) is 18.5 Å². The van der Waals surface area contributed by atoms with Gasteiger partial charge in [-0.2, -0.15) is 18.4 Å². The molecule has 248 valence electrons. The molecule has 3 aromatic rings. The van der Waals surface area contributed by atoms with Crippen LogP contribution in [0.15, 0.2) is 30.6 Å². The Morgan fingerprint density at radius 1 is 1.21 bits per heavy atom. The molecule has 1 spiro atoms. The van der Waals surface area contributed by atoms with E-state index < -0.39 is 23.1 Å². The zero-order valence-corrected chi connectivity index (χ0v) is 26.1. The Balaban J connectivity index is 1.21. The van der Waals surface area contributed by atoms with Gasteiger partial charge >= 0.3 is 6.18 Å². The Kier molecular flexibility index (Phi) is 8.15. The molecule has 0 aliphatic carbocycles. The van der Waals surface area contributed by atoms with Crippen LogP contribution in [0.5, 0.6) is 0 Å². The van der Waals surface area contributed by atoms with Crippen LogP contribution in [-0.4, -0.2) is 88.7 Å². The number of hydrogen-bond donors (Lipinski definition) is 2. The number of benzene rings is 1. The molecule has 4 aliphatic heterocycles. The van der Waals surface area contributed by atoms with Gasteiger partial charge in [0, 0.05) is 63.7 Å². The number of aromatic nitrogens is 4. The quantitative estimate of drug-likeness (QED) is 0.333. The molecule has 0 radical (unpaired) electrons. The van der Waals surface area contributed by atoms with Crippen LogP contribution in [0.3, 0.4) is 0 Å². The van der Waals surface area contributed by atoms with Gasteiger partial charge in [-0.15, -0.1) is 10.2 Å². The predicted octanol–water partition coefficient (Wildman–Crippen LogP) is 2.79. The molecule has 7 rings (SSSR count). The lowest BCUT2D eigenvalue weighted by Gasteiger charge is -2.42. The second-order valence-corrected chi connectivity index (χ2v) is 13.0. The zero-order valence-electron chi connectivity index (χ0n) is 26.1. The number of likely N-dealkylation sites (tertiary alicyclic amines) is 1. The van der Waals surface area contributed by atoms with Crippen LogP contribution < -0.4 is 15.5 Å². The summed E-state index contributed by atoms with van der Waals surface area (Å²) in [4.78, 5) is 22.0. The number of morpholine rings is 1. The van der Waals surface area contributed by atoms with Crippen molar-refractivity contribution in [1.29, 1.82) is 5.26 Å². The first-order valence-corrected chi connectivity index (χ1v) is 15.7. The number of fused-ring (bicyclic) bond motifs is 1. The molecule has 12 nitrogen and oxygen atoms in total. The highest BCUT2D eigenvalue weighted by Gasteiger charge is 2.45. The SMILES string of the molecule is Cn1cnnc1CC1(c2cc(NCCC#N)nc(N3Cc4c(cc(CN5CCC6(CNCCO6)C5)cc4C(F)(F)F)C3=O)c2)COC1. The summed E-state index contributed by atoms with van der Waals surface area (Å²) < 4.78 is 57.2. The molecular formula is C32H36F3N9O3. The van der Waals surface area contributed by atoms with Crippen LogP contribution in [0.25, 0.3) is 0 Å². The molecule has 15 heteroatoms. The molecule has 2 aromatic heterocycles. The number of halogens is 3. The number of amides is 1. The smallest absolute Gasteiger partial charge is 0.379 e. The number of carbonyl (C=O) groups is 1. The zero-order chi connectivity index (χ0) is 32.8. The van der Waals surface area contributed by atoms with Crippen molar-refractivity contribution < 1.29 is 27.4 Å². The number of nitriles is 1. The van der Waals surface area contributed by atoms with E-state index >= 15 is 0 Å². The molecular weight excluding hydrogens is 615 g/mol. The third kappa shape index (κ3) is 6.06. The number of nitrogens with zero attached hydrogens (tertiary/aromatic N) is 7. The first-order valence-electron chi connectivity index (χ1n) is 15.7. The van der Waals surface area contributed by atoms with Gasteiger partial charge in [0.1, 0.15) is 23.8 Å². The van der Waals surface area contributed by atoms with Crippen molar-refractivity contribution in [3.05, 3.63) is 64.2 Å². The molecule has 1 aromatic carbocycles. The minimum Gasteiger partial charge on any atom is -0.379 e. The van der Waals surface area contributed by atoms with Crippen molar-refractivity contribution >= 4 is 17.5 Å². The minimum absolute atomic E-state index is 0.0336. The van der Waals surface area contributed by atoms with E-state index in [9.17, 15) is 18.0 Å². The van der Waals surface area contributed by atoms with Crippen LogP contribution >= 0.6 is 0 Å². The number of anilines is 2. The van der Waals surface area contributed by atoms with Gasteiger partial charge in [-0.25, -0.2) is 4.98 Å². The summed E-state index contributed by atoms with van der Waals surface area (Å²) in [6.45, 7) is 4.49. The fourth-order valence-corrected chi connectivity index (χ4v) is 7.07. The van der Waals surface area contributed by atoms with Crippen LogP contribution in [0, 0.1) is 11.3 Å². The van der Waals surface area contributed by atoms with Crippen LogP contribution in [0.1, 0.15) is 51.3 Å². The molecule has 4 aliphatic rings. The van der Waals surface area contributed by atoms with Gasteiger partial charge in [-0.1, -0.05) is 0 Å². The Hall–Kier alpha value is -4.10. The maximum Gasteiger partial charge on any atom is 0.416 e. The molecule has 47 heavy (non-hydrogen) atoms. The topological polar surface area (TPSA) is 133 Å². The number of pyridine rings is 1. The number of hydrogen-bond acceptors (Lipinski definition) is 10. The maximum atomic E-state index is 14.6.